The van der Waals surface area contributed by atoms with Crippen LogP contribution in [0.25, 0.3) is 0 Å². The van der Waals surface area contributed by atoms with Gasteiger partial charge in [0.1, 0.15) is 5.75 Å². The van der Waals surface area contributed by atoms with E-state index in [1.54, 1.807) is 23.1 Å². The van der Waals surface area contributed by atoms with E-state index in [0.29, 0.717) is 12.4 Å². The number of benzene rings is 1. The van der Waals surface area contributed by atoms with Gasteiger partial charge in [-0.05, 0) is 30.2 Å². The number of hydrogen-bond acceptors (Lipinski definition) is 4. The number of carbonyl (C=O) groups excluding carboxylic acids is 1. The molecule has 0 unspecified atom stereocenters. The Hall–Kier alpha value is -3.15. The molecule has 0 aliphatic heterocycles. The van der Waals surface area contributed by atoms with Crippen LogP contribution in [0.3, 0.4) is 0 Å². The number of aryl methyl sites for hydroxylation is 1. The van der Waals surface area contributed by atoms with E-state index in [0.717, 1.165) is 23.4 Å². The summed E-state index contributed by atoms with van der Waals surface area (Å²) in [5, 5.41) is 7.06. The topological polar surface area (TPSA) is 69.0 Å². The summed E-state index contributed by atoms with van der Waals surface area (Å²) in [4.78, 5) is 16.3. The summed E-state index contributed by atoms with van der Waals surface area (Å²) >= 11 is 0. The van der Waals surface area contributed by atoms with Crippen molar-refractivity contribution in [1.82, 2.24) is 14.8 Å². The van der Waals surface area contributed by atoms with Crippen molar-refractivity contribution in [3.05, 3.63) is 72.2 Å². The third-order valence-corrected chi connectivity index (χ3v) is 3.67. The molecule has 2 heterocycles. The quantitative estimate of drug-likeness (QED) is 0.720. The molecule has 3 aromatic rings. The second-order valence-corrected chi connectivity index (χ2v) is 5.52. The lowest BCUT2D eigenvalue weighted by molar-refractivity contribution is -0.118. The van der Waals surface area contributed by atoms with Gasteiger partial charge in [0.15, 0.2) is 12.4 Å². The van der Waals surface area contributed by atoms with E-state index >= 15 is 0 Å². The van der Waals surface area contributed by atoms with E-state index in [4.69, 9.17) is 4.74 Å². The normalized spacial score (nSPS) is 10.4. The van der Waals surface area contributed by atoms with Gasteiger partial charge in [-0.2, -0.15) is 5.10 Å². The van der Waals surface area contributed by atoms with Crippen LogP contribution in [0.1, 0.15) is 18.2 Å². The molecule has 128 valence electrons. The fourth-order valence-corrected chi connectivity index (χ4v) is 2.43. The van der Waals surface area contributed by atoms with Crippen molar-refractivity contribution in [1.29, 1.82) is 0 Å². The largest absolute Gasteiger partial charge is 0.483 e. The molecule has 1 amide bonds. The van der Waals surface area contributed by atoms with E-state index in [9.17, 15) is 4.79 Å². The summed E-state index contributed by atoms with van der Waals surface area (Å²) in [5.41, 5.74) is 1.98. The van der Waals surface area contributed by atoms with Gasteiger partial charge in [0.2, 0.25) is 0 Å². The van der Waals surface area contributed by atoms with Crippen molar-refractivity contribution in [2.24, 2.45) is 0 Å². The van der Waals surface area contributed by atoms with Gasteiger partial charge in [0, 0.05) is 18.5 Å². The van der Waals surface area contributed by atoms with Crippen molar-refractivity contribution in [2.45, 2.75) is 19.9 Å². The fourth-order valence-electron chi connectivity index (χ4n) is 2.43. The number of para-hydroxylation sites is 1. The molecule has 1 N–H and O–H groups in total. The first-order valence-electron chi connectivity index (χ1n) is 8.18. The summed E-state index contributed by atoms with van der Waals surface area (Å²) in [6, 6.07) is 15.2. The number of amides is 1. The molecule has 0 aliphatic carbocycles. The van der Waals surface area contributed by atoms with Gasteiger partial charge in [-0.1, -0.05) is 31.2 Å². The Bertz CT molecular complexity index is 830. The average Bonchev–Trinajstić information content (AvgIpc) is 3.07. The maximum absolute atomic E-state index is 12.1. The molecule has 6 heteroatoms. The molecule has 0 bridgehead atoms. The zero-order valence-corrected chi connectivity index (χ0v) is 14.1. The first-order valence-corrected chi connectivity index (χ1v) is 8.18. The minimum absolute atomic E-state index is 0.0515. The monoisotopic (exact) mass is 336 g/mol. The first-order chi connectivity index (χ1) is 12.2. The lowest BCUT2D eigenvalue weighted by Gasteiger charge is -2.09. The van der Waals surface area contributed by atoms with Crippen LogP contribution in [0.2, 0.25) is 0 Å². The number of anilines is 1. The highest BCUT2D eigenvalue weighted by molar-refractivity contribution is 5.90. The lowest BCUT2D eigenvalue weighted by Crippen LogP contribution is -2.21. The summed E-state index contributed by atoms with van der Waals surface area (Å²) in [6.45, 7) is 2.55. The van der Waals surface area contributed by atoms with Crippen molar-refractivity contribution in [2.75, 3.05) is 11.9 Å². The summed E-state index contributed by atoms with van der Waals surface area (Å²) in [7, 11) is 0. The van der Waals surface area contributed by atoms with Crippen LogP contribution >= 0.6 is 0 Å². The minimum Gasteiger partial charge on any atom is -0.483 e. The number of nitrogens with zero attached hydrogens (tertiary/aromatic N) is 3. The Morgan fingerprint density at radius 2 is 2.00 bits per heavy atom. The van der Waals surface area contributed by atoms with Gasteiger partial charge in [-0.25, -0.2) is 0 Å². The van der Waals surface area contributed by atoms with E-state index in [1.807, 2.05) is 42.5 Å². The van der Waals surface area contributed by atoms with Crippen LogP contribution in [0.5, 0.6) is 5.75 Å². The molecule has 25 heavy (non-hydrogen) atoms. The number of hydrogen-bond donors (Lipinski definition) is 1. The predicted molar refractivity (Wildman–Crippen MR) is 95.5 cm³/mol. The van der Waals surface area contributed by atoms with Crippen LogP contribution in [0.15, 0.2) is 60.9 Å². The van der Waals surface area contributed by atoms with Gasteiger partial charge < -0.3 is 10.1 Å². The average molecular weight is 336 g/mol. The Kier molecular flexibility index (Phi) is 5.41. The zero-order chi connectivity index (χ0) is 17.5. The van der Waals surface area contributed by atoms with Gasteiger partial charge in [0.05, 0.1) is 12.2 Å². The van der Waals surface area contributed by atoms with E-state index < -0.39 is 0 Å². The van der Waals surface area contributed by atoms with Crippen LogP contribution in [-0.2, 0) is 17.8 Å². The number of carbonyl (C=O) groups is 1. The van der Waals surface area contributed by atoms with E-state index in [1.165, 1.54) is 0 Å². The van der Waals surface area contributed by atoms with E-state index in [2.05, 4.69) is 22.3 Å². The molecular weight excluding hydrogens is 316 g/mol. The Balaban J connectivity index is 1.53. The van der Waals surface area contributed by atoms with Crippen LogP contribution < -0.4 is 10.1 Å². The van der Waals surface area contributed by atoms with Crippen molar-refractivity contribution in [3.8, 4) is 5.75 Å². The molecular formula is C19H20N4O2. The zero-order valence-electron chi connectivity index (χ0n) is 14.1. The summed E-state index contributed by atoms with van der Waals surface area (Å²) in [6.07, 6.45) is 4.40. The molecule has 0 fully saturated rings. The molecule has 0 saturated heterocycles. The van der Waals surface area contributed by atoms with Gasteiger partial charge in [-0.15, -0.1) is 0 Å². The molecule has 1 aromatic carbocycles. The number of aromatic nitrogens is 3. The SMILES string of the molecule is CCc1ccccc1OCC(=O)Nc1ccn(Cc2ccccn2)n1. The molecule has 2 aromatic heterocycles. The second kappa shape index (κ2) is 8.10. The predicted octanol–water partition coefficient (Wildman–Crippen LogP) is 2.91. The molecule has 0 spiro atoms. The third kappa shape index (κ3) is 4.67. The third-order valence-electron chi connectivity index (χ3n) is 3.67. The lowest BCUT2D eigenvalue weighted by atomic mass is 10.1. The van der Waals surface area contributed by atoms with Crippen LogP contribution in [-0.4, -0.2) is 27.3 Å². The summed E-state index contributed by atoms with van der Waals surface area (Å²) < 4.78 is 7.34. The minimum atomic E-state index is -0.242. The highest BCUT2D eigenvalue weighted by Gasteiger charge is 2.08. The van der Waals surface area contributed by atoms with Crippen molar-refractivity contribution >= 4 is 11.7 Å². The van der Waals surface area contributed by atoms with Gasteiger partial charge in [0.25, 0.3) is 5.91 Å². The Labute approximate surface area is 146 Å². The summed E-state index contributed by atoms with van der Waals surface area (Å²) in [5.74, 6) is 0.989. The molecule has 0 radical (unpaired) electrons. The van der Waals surface area contributed by atoms with Gasteiger partial charge >= 0.3 is 0 Å². The van der Waals surface area contributed by atoms with Crippen LogP contribution in [0, 0.1) is 0 Å². The van der Waals surface area contributed by atoms with Gasteiger partial charge in [-0.3, -0.25) is 14.5 Å². The highest BCUT2D eigenvalue weighted by atomic mass is 16.5. The van der Waals surface area contributed by atoms with E-state index in [-0.39, 0.29) is 12.5 Å². The number of nitrogens with one attached hydrogen (secondary N) is 1. The molecule has 6 nitrogen and oxygen atoms in total. The number of rotatable bonds is 7. The molecule has 0 atom stereocenters. The Morgan fingerprint density at radius 3 is 2.80 bits per heavy atom. The van der Waals surface area contributed by atoms with Crippen LogP contribution in [0.4, 0.5) is 5.82 Å². The number of pyridine rings is 1. The maximum atomic E-state index is 12.1. The smallest absolute Gasteiger partial charge is 0.263 e. The maximum Gasteiger partial charge on any atom is 0.263 e. The molecule has 0 saturated carbocycles. The molecule has 0 aliphatic rings. The standard InChI is InChI=1S/C19H20N4O2/c1-2-15-7-3-4-9-17(15)25-14-19(24)21-18-10-12-23(22-18)13-16-8-5-6-11-20-16/h3-12H,2,13-14H2,1H3,(H,21,22,24). The Morgan fingerprint density at radius 1 is 1.16 bits per heavy atom. The fraction of sp³-hybridized carbons (Fsp3) is 0.211. The van der Waals surface area contributed by atoms with Crippen molar-refractivity contribution in [3.63, 3.8) is 0 Å². The first kappa shape index (κ1) is 16.7. The number of ether oxygens (including phenoxy) is 1. The highest BCUT2D eigenvalue weighted by Crippen LogP contribution is 2.18. The molecule has 3 rings (SSSR count). The second-order valence-electron chi connectivity index (χ2n) is 5.52. The van der Waals surface area contributed by atoms with Crippen molar-refractivity contribution < 1.29 is 9.53 Å².